The van der Waals surface area contributed by atoms with E-state index in [2.05, 4.69) is 94.4 Å². The van der Waals surface area contributed by atoms with E-state index >= 15 is 0 Å². The van der Waals surface area contributed by atoms with Crippen LogP contribution < -0.4 is 0 Å². The number of allylic oxidation sites excluding steroid dienone is 1. The van der Waals surface area contributed by atoms with Gasteiger partial charge in [-0.15, -0.1) is 0 Å². The number of rotatable bonds is 6. The van der Waals surface area contributed by atoms with E-state index in [9.17, 15) is 10.2 Å². The predicted octanol–water partition coefficient (Wildman–Crippen LogP) is 8.77. The Labute approximate surface area is 243 Å². The van der Waals surface area contributed by atoms with Crippen LogP contribution in [0.5, 0.6) is 0 Å². The minimum atomic E-state index is -0.209. The summed E-state index contributed by atoms with van der Waals surface area (Å²) in [5.41, 5.74) is 4.53. The van der Waals surface area contributed by atoms with Crippen molar-refractivity contribution in [3.63, 3.8) is 0 Å². The van der Waals surface area contributed by atoms with E-state index < -0.39 is 0 Å². The zero-order chi connectivity index (χ0) is 28.1. The average molecular weight is 541 g/mol. The molecule has 2 aromatic rings. The predicted molar refractivity (Wildman–Crippen MR) is 166 cm³/mol. The average Bonchev–Trinajstić information content (AvgIpc) is 3.32. The third-order valence-corrected chi connectivity index (χ3v) is 13.0. The first-order valence-corrected chi connectivity index (χ1v) is 16.4. The summed E-state index contributed by atoms with van der Waals surface area (Å²) < 4.78 is 0. The summed E-state index contributed by atoms with van der Waals surface area (Å²) in [5, 5.41) is 22.6. The largest absolute Gasteiger partial charge is 0.393 e. The van der Waals surface area contributed by atoms with Crippen molar-refractivity contribution in [2.45, 2.75) is 97.7 Å². The first-order valence-electron chi connectivity index (χ1n) is 16.4. The van der Waals surface area contributed by atoms with E-state index in [0.29, 0.717) is 46.8 Å². The monoisotopic (exact) mass is 540 g/mol. The second kappa shape index (κ2) is 11.1. The highest BCUT2D eigenvalue weighted by atomic mass is 16.3. The van der Waals surface area contributed by atoms with Crippen LogP contribution >= 0.6 is 0 Å². The molecule has 0 amide bonds. The molecule has 2 N–H and O–H groups in total. The minimum Gasteiger partial charge on any atom is -0.393 e. The van der Waals surface area contributed by atoms with Crippen molar-refractivity contribution in [2.24, 2.45) is 52.3 Å². The number of fused-ring (bicyclic) bond motifs is 5. The Balaban J connectivity index is 1.26. The minimum absolute atomic E-state index is 0.175. The van der Waals surface area contributed by atoms with Gasteiger partial charge in [-0.3, -0.25) is 0 Å². The fourth-order valence-electron chi connectivity index (χ4n) is 11.0. The van der Waals surface area contributed by atoms with Gasteiger partial charge in [0, 0.05) is 0 Å². The molecule has 0 heterocycles. The molecule has 0 spiro atoms. The Morgan fingerprint density at radius 2 is 1.43 bits per heavy atom. The number of hydrogen-bond acceptors (Lipinski definition) is 2. The van der Waals surface area contributed by atoms with Gasteiger partial charge < -0.3 is 10.2 Å². The lowest BCUT2D eigenvalue weighted by molar-refractivity contribution is -0.203. The lowest BCUT2D eigenvalue weighted by Gasteiger charge is -2.64. The molecule has 216 valence electrons. The maximum atomic E-state index is 12.0. The molecule has 2 heteroatoms. The second-order valence-electron chi connectivity index (χ2n) is 14.7. The van der Waals surface area contributed by atoms with Crippen LogP contribution in [0.2, 0.25) is 0 Å². The second-order valence-corrected chi connectivity index (χ2v) is 14.7. The Morgan fingerprint density at radius 1 is 0.825 bits per heavy atom. The molecule has 4 aliphatic carbocycles. The van der Waals surface area contributed by atoms with Crippen LogP contribution in [0.3, 0.4) is 0 Å². The molecule has 0 radical (unpaired) electrons. The molecule has 2 aromatic carbocycles. The van der Waals surface area contributed by atoms with E-state index in [-0.39, 0.29) is 17.6 Å². The van der Waals surface area contributed by atoms with Gasteiger partial charge in [-0.25, -0.2) is 0 Å². The Kier molecular flexibility index (Phi) is 7.81. The summed E-state index contributed by atoms with van der Waals surface area (Å²) in [6.45, 7) is 9.93. The SMILES string of the molecule is CC[C@H]1[C@@H](O)[C@H]2C3CC[C@H]([C@H](C)CC=C(c4ccccc4)c4ccccc4)[C@@]3(C)CCC2[C@@]2(C)CC[C@@H](O)C[C@@H]12. The summed E-state index contributed by atoms with van der Waals surface area (Å²) in [6.07, 6.45) is 12.4. The van der Waals surface area contributed by atoms with Crippen molar-refractivity contribution in [1.29, 1.82) is 0 Å². The molecule has 11 atom stereocenters. The van der Waals surface area contributed by atoms with Crippen LogP contribution in [0.25, 0.3) is 5.57 Å². The normalized spacial score (nSPS) is 41.4. The quantitative estimate of drug-likeness (QED) is 0.384. The number of benzene rings is 2. The topological polar surface area (TPSA) is 40.5 Å². The molecule has 4 aliphatic rings. The maximum absolute atomic E-state index is 12.0. The molecule has 2 nitrogen and oxygen atoms in total. The van der Waals surface area contributed by atoms with Gasteiger partial charge in [-0.1, -0.05) is 101 Å². The molecule has 0 aliphatic heterocycles. The van der Waals surface area contributed by atoms with Gasteiger partial charge in [0.15, 0.2) is 0 Å². The van der Waals surface area contributed by atoms with Crippen LogP contribution in [0, 0.1) is 52.3 Å². The molecule has 4 fully saturated rings. The van der Waals surface area contributed by atoms with Crippen LogP contribution in [-0.2, 0) is 0 Å². The fraction of sp³-hybridized carbons (Fsp3) is 0.632. The van der Waals surface area contributed by atoms with Crippen molar-refractivity contribution in [1.82, 2.24) is 0 Å². The van der Waals surface area contributed by atoms with Crippen molar-refractivity contribution in [3.05, 3.63) is 77.9 Å². The van der Waals surface area contributed by atoms with E-state index in [1.807, 2.05) is 0 Å². The first-order chi connectivity index (χ1) is 19.3. The molecule has 0 bridgehead atoms. The molecule has 6 rings (SSSR count). The van der Waals surface area contributed by atoms with Crippen LogP contribution in [0.4, 0.5) is 0 Å². The summed E-state index contributed by atoms with van der Waals surface area (Å²) in [5.74, 6) is 3.78. The van der Waals surface area contributed by atoms with Gasteiger partial charge in [0.1, 0.15) is 0 Å². The van der Waals surface area contributed by atoms with Crippen LogP contribution in [0.1, 0.15) is 96.6 Å². The van der Waals surface area contributed by atoms with Crippen molar-refractivity contribution < 1.29 is 10.2 Å². The Morgan fingerprint density at radius 3 is 2.05 bits per heavy atom. The standard InChI is InChI=1S/C38H52O2/c1-5-29-34-24-28(39)20-22-38(34,4)33-21-23-37(3)31(18-19-32(37)35(33)36(29)40)25(2)16-17-30(26-12-8-6-9-13-26)27-14-10-7-11-15-27/h6-15,17,25,28-29,31-36,39-40H,5,16,18-24H2,1-4H3/t25-,28-,29-,31-,32?,33?,34+,35+,36-,37-,38-/m1/s1. The van der Waals surface area contributed by atoms with Crippen molar-refractivity contribution >= 4 is 5.57 Å². The Bertz CT molecular complexity index is 1130. The van der Waals surface area contributed by atoms with E-state index in [4.69, 9.17) is 0 Å². The zero-order valence-electron chi connectivity index (χ0n) is 25.3. The van der Waals surface area contributed by atoms with E-state index in [1.54, 1.807) is 0 Å². The van der Waals surface area contributed by atoms with Crippen molar-refractivity contribution in [2.75, 3.05) is 0 Å². The summed E-state index contributed by atoms with van der Waals surface area (Å²) in [4.78, 5) is 0. The summed E-state index contributed by atoms with van der Waals surface area (Å²) in [7, 11) is 0. The first kappa shape index (κ1) is 28.2. The smallest absolute Gasteiger partial charge is 0.0605 e. The van der Waals surface area contributed by atoms with Gasteiger partial charge in [0.05, 0.1) is 12.2 Å². The number of hydrogen-bond donors (Lipinski definition) is 2. The molecular weight excluding hydrogens is 488 g/mol. The Hall–Kier alpha value is -1.90. The molecule has 0 aromatic heterocycles. The number of aliphatic hydroxyl groups excluding tert-OH is 2. The highest BCUT2D eigenvalue weighted by Crippen LogP contribution is 2.69. The summed E-state index contributed by atoms with van der Waals surface area (Å²) >= 11 is 0. The van der Waals surface area contributed by atoms with Gasteiger partial charge in [-0.2, -0.15) is 0 Å². The van der Waals surface area contributed by atoms with Gasteiger partial charge in [0.2, 0.25) is 0 Å². The lowest BCUT2D eigenvalue weighted by Crippen LogP contribution is -2.62. The van der Waals surface area contributed by atoms with E-state index in [1.165, 1.54) is 42.4 Å². The van der Waals surface area contributed by atoms with E-state index in [0.717, 1.165) is 32.1 Å². The zero-order valence-corrected chi connectivity index (χ0v) is 25.3. The molecule has 0 saturated heterocycles. The highest BCUT2D eigenvalue weighted by Gasteiger charge is 2.64. The molecule has 2 unspecified atom stereocenters. The lowest BCUT2D eigenvalue weighted by atomic mass is 9.41. The fourth-order valence-corrected chi connectivity index (χ4v) is 11.0. The van der Waals surface area contributed by atoms with Gasteiger partial charge >= 0.3 is 0 Å². The third kappa shape index (κ3) is 4.62. The summed E-state index contributed by atoms with van der Waals surface area (Å²) in [6, 6.07) is 21.8. The maximum Gasteiger partial charge on any atom is 0.0605 e. The van der Waals surface area contributed by atoms with Crippen LogP contribution in [0.15, 0.2) is 66.7 Å². The van der Waals surface area contributed by atoms with Gasteiger partial charge in [-0.05, 0) is 120 Å². The highest BCUT2D eigenvalue weighted by molar-refractivity contribution is 5.79. The molecular formula is C38H52O2. The van der Waals surface area contributed by atoms with Crippen LogP contribution in [-0.4, -0.2) is 22.4 Å². The number of aliphatic hydroxyl groups is 2. The molecule has 40 heavy (non-hydrogen) atoms. The van der Waals surface area contributed by atoms with Crippen molar-refractivity contribution in [3.8, 4) is 0 Å². The third-order valence-electron chi connectivity index (χ3n) is 13.0. The molecule has 4 saturated carbocycles. The van der Waals surface area contributed by atoms with Gasteiger partial charge in [0.25, 0.3) is 0 Å².